The molecule has 0 saturated carbocycles. The molecule has 1 atom stereocenters. The minimum Gasteiger partial charge on any atom is -0.475 e. The van der Waals surface area contributed by atoms with Crippen LogP contribution in [0.15, 0.2) is 46.9 Å². The molecule has 1 unspecified atom stereocenters. The normalized spacial score (nSPS) is 12.3. The molecule has 19 heavy (non-hydrogen) atoms. The molecule has 1 heterocycles. The predicted octanol–water partition coefficient (Wildman–Crippen LogP) is 3.03. The number of furan rings is 1. The molecule has 2 N–H and O–H groups in total. The fourth-order valence-corrected chi connectivity index (χ4v) is 1.93. The molecule has 1 aromatic heterocycles. The smallest absolute Gasteiger partial charge is 0.371 e. The van der Waals surface area contributed by atoms with E-state index in [1.807, 2.05) is 30.3 Å². The van der Waals surface area contributed by atoms with Crippen molar-refractivity contribution in [2.24, 2.45) is 0 Å². The first-order valence-corrected chi connectivity index (χ1v) is 6.22. The molecular weight excluding hydrogens is 244 g/mol. The van der Waals surface area contributed by atoms with Crippen LogP contribution in [0.25, 0.3) is 0 Å². The van der Waals surface area contributed by atoms with Gasteiger partial charge in [0.05, 0.1) is 0 Å². The number of aliphatic hydroxyl groups is 1. The Balaban J connectivity index is 1.83. The lowest BCUT2D eigenvalue weighted by Crippen LogP contribution is -1.98. The molecule has 2 rings (SSSR count). The third-order valence-electron chi connectivity index (χ3n) is 2.95. The van der Waals surface area contributed by atoms with E-state index in [0.717, 1.165) is 12.8 Å². The zero-order valence-electron chi connectivity index (χ0n) is 10.5. The first-order chi connectivity index (χ1) is 9.16. The predicted molar refractivity (Wildman–Crippen MR) is 70.0 cm³/mol. The standard InChI is InChI=1S/C15H16O4/c16-12(13-9-10-14(19-13)15(17)18)8-4-7-11-5-2-1-3-6-11/h1-3,5-6,9-10,12,16H,4,7-8H2,(H,17,18). The van der Waals surface area contributed by atoms with Gasteiger partial charge in [0.25, 0.3) is 0 Å². The van der Waals surface area contributed by atoms with Crippen LogP contribution in [0.1, 0.15) is 40.8 Å². The van der Waals surface area contributed by atoms with Crippen molar-refractivity contribution < 1.29 is 19.4 Å². The van der Waals surface area contributed by atoms with Crippen LogP contribution in [-0.2, 0) is 6.42 Å². The number of carbonyl (C=O) groups is 1. The molecule has 100 valence electrons. The molecule has 0 spiro atoms. The maximum atomic E-state index is 10.7. The van der Waals surface area contributed by atoms with Crippen molar-refractivity contribution in [3.63, 3.8) is 0 Å². The molecule has 0 aliphatic heterocycles. The van der Waals surface area contributed by atoms with E-state index in [9.17, 15) is 9.90 Å². The molecule has 0 saturated heterocycles. The molecular formula is C15H16O4. The van der Waals surface area contributed by atoms with Crippen molar-refractivity contribution in [1.82, 2.24) is 0 Å². The van der Waals surface area contributed by atoms with Gasteiger partial charge in [-0.05, 0) is 37.0 Å². The minimum absolute atomic E-state index is 0.142. The average Bonchev–Trinajstić information content (AvgIpc) is 2.89. The van der Waals surface area contributed by atoms with Crippen LogP contribution in [0.2, 0.25) is 0 Å². The average molecular weight is 260 g/mol. The van der Waals surface area contributed by atoms with Crippen LogP contribution in [-0.4, -0.2) is 16.2 Å². The number of hydrogen-bond donors (Lipinski definition) is 2. The Labute approximate surface area is 111 Å². The van der Waals surface area contributed by atoms with E-state index in [1.54, 1.807) is 0 Å². The molecule has 0 radical (unpaired) electrons. The molecule has 2 aromatic rings. The van der Waals surface area contributed by atoms with E-state index >= 15 is 0 Å². The number of carboxylic acids is 1. The van der Waals surface area contributed by atoms with Crippen LogP contribution in [0, 0.1) is 0 Å². The Morgan fingerprint density at radius 3 is 2.53 bits per heavy atom. The molecule has 0 fully saturated rings. The summed E-state index contributed by atoms with van der Waals surface area (Å²) in [5.74, 6) is -0.953. The lowest BCUT2D eigenvalue weighted by Gasteiger charge is -2.07. The molecule has 4 heteroatoms. The Morgan fingerprint density at radius 1 is 1.16 bits per heavy atom. The third-order valence-corrected chi connectivity index (χ3v) is 2.95. The number of aromatic carboxylic acids is 1. The maximum Gasteiger partial charge on any atom is 0.371 e. The summed E-state index contributed by atoms with van der Waals surface area (Å²) >= 11 is 0. The van der Waals surface area contributed by atoms with Crippen molar-refractivity contribution in [3.05, 3.63) is 59.5 Å². The summed E-state index contributed by atoms with van der Waals surface area (Å²) in [6.45, 7) is 0. The van der Waals surface area contributed by atoms with Crippen LogP contribution in [0.3, 0.4) is 0 Å². The Hall–Kier alpha value is -2.07. The second-order valence-corrected chi connectivity index (χ2v) is 4.40. The van der Waals surface area contributed by atoms with Gasteiger partial charge in [0.15, 0.2) is 0 Å². The number of hydrogen-bond acceptors (Lipinski definition) is 3. The highest BCUT2D eigenvalue weighted by Crippen LogP contribution is 2.21. The van der Waals surface area contributed by atoms with Crippen molar-refractivity contribution >= 4 is 5.97 Å². The summed E-state index contributed by atoms with van der Waals surface area (Å²) in [4.78, 5) is 10.7. The molecule has 1 aromatic carbocycles. The van der Waals surface area contributed by atoms with Crippen molar-refractivity contribution in [1.29, 1.82) is 0 Å². The summed E-state index contributed by atoms with van der Waals surface area (Å²) < 4.78 is 5.06. The first kappa shape index (κ1) is 13.4. The maximum absolute atomic E-state index is 10.7. The van der Waals surface area contributed by atoms with Crippen LogP contribution in [0.5, 0.6) is 0 Å². The van der Waals surface area contributed by atoms with Crippen molar-refractivity contribution in [3.8, 4) is 0 Å². The second-order valence-electron chi connectivity index (χ2n) is 4.40. The van der Waals surface area contributed by atoms with Crippen LogP contribution >= 0.6 is 0 Å². The molecule has 0 aliphatic rings. The van der Waals surface area contributed by atoms with Gasteiger partial charge < -0.3 is 14.6 Å². The van der Waals surface area contributed by atoms with E-state index < -0.39 is 12.1 Å². The second kappa shape index (κ2) is 6.20. The Kier molecular flexibility index (Phi) is 4.36. The molecule has 4 nitrogen and oxygen atoms in total. The number of benzene rings is 1. The summed E-state index contributed by atoms with van der Waals surface area (Å²) in [6.07, 6.45) is 1.48. The van der Waals surface area contributed by atoms with E-state index in [2.05, 4.69) is 0 Å². The highest BCUT2D eigenvalue weighted by molar-refractivity contribution is 5.84. The zero-order valence-corrected chi connectivity index (χ0v) is 10.5. The van der Waals surface area contributed by atoms with Crippen LogP contribution < -0.4 is 0 Å². The largest absolute Gasteiger partial charge is 0.475 e. The summed E-state index contributed by atoms with van der Waals surface area (Å²) in [5, 5.41) is 18.6. The van der Waals surface area contributed by atoms with Gasteiger partial charge >= 0.3 is 5.97 Å². The number of aliphatic hydroxyl groups excluding tert-OH is 1. The highest BCUT2D eigenvalue weighted by Gasteiger charge is 2.15. The SMILES string of the molecule is O=C(O)c1ccc(C(O)CCCc2ccccc2)o1. The van der Waals surface area contributed by atoms with Crippen molar-refractivity contribution in [2.75, 3.05) is 0 Å². The minimum atomic E-state index is -1.12. The quantitative estimate of drug-likeness (QED) is 0.837. The van der Waals surface area contributed by atoms with Gasteiger partial charge in [0.1, 0.15) is 11.9 Å². The molecule has 0 bridgehead atoms. The van der Waals surface area contributed by atoms with Gasteiger partial charge in [-0.3, -0.25) is 0 Å². The van der Waals surface area contributed by atoms with Crippen molar-refractivity contribution in [2.45, 2.75) is 25.4 Å². The van der Waals surface area contributed by atoms with Gasteiger partial charge in [-0.2, -0.15) is 0 Å². The molecule has 0 aliphatic carbocycles. The van der Waals surface area contributed by atoms with Gasteiger partial charge in [-0.15, -0.1) is 0 Å². The Morgan fingerprint density at radius 2 is 1.89 bits per heavy atom. The Bertz CT molecular complexity index is 530. The van der Waals surface area contributed by atoms with Gasteiger partial charge in [0.2, 0.25) is 5.76 Å². The summed E-state index contributed by atoms with van der Waals surface area (Å²) in [6, 6.07) is 12.9. The fraction of sp³-hybridized carbons (Fsp3) is 0.267. The summed E-state index contributed by atoms with van der Waals surface area (Å²) in [7, 11) is 0. The van der Waals surface area contributed by atoms with Gasteiger partial charge in [-0.1, -0.05) is 30.3 Å². The van der Waals surface area contributed by atoms with Gasteiger partial charge in [-0.25, -0.2) is 4.79 Å². The topological polar surface area (TPSA) is 70.7 Å². The zero-order chi connectivity index (χ0) is 13.7. The highest BCUT2D eigenvalue weighted by atomic mass is 16.4. The number of aryl methyl sites for hydroxylation is 1. The van der Waals surface area contributed by atoms with E-state index in [0.29, 0.717) is 12.2 Å². The first-order valence-electron chi connectivity index (χ1n) is 6.22. The fourth-order valence-electron chi connectivity index (χ4n) is 1.93. The number of carboxylic acid groups (broad SMARTS) is 1. The van der Waals surface area contributed by atoms with E-state index in [4.69, 9.17) is 9.52 Å². The van der Waals surface area contributed by atoms with Crippen LogP contribution in [0.4, 0.5) is 0 Å². The van der Waals surface area contributed by atoms with E-state index in [1.165, 1.54) is 17.7 Å². The van der Waals surface area contributed by atoms with E-state index in [-0.39, 0.29) is 5.76 Å². The third kappa shape index (κ3) is 3.69. The lowest BCUT2D eigenvalue weighted by molar-refractivity contribution is 0.0649. The lowest BCUT2D eigenvalue weighted by atomic mass is 10.1. The summed E-state index contributed by atoms with van der Waals surface area (Å²) in [5.41, 5.74) is 1.22. The monoisotopic (exact) mass is 260 g/mol. The number of rotatable bonds is 6. The molecule has 0 amide bonds. The van der Waals surface area contributed by atoms with Gasteiger partial charge in [0, 0.05) is 0 Å².